The molecule has 0 atom stereocenters. The summed E-state index contributed by atoms with van der Waals surface area (Å²) < 4.78 is 5.32. The van der Waals surface area contributed by atoms with Gasteiger partial charge in [-0.25, -0.2) is 0 Å². The van der Waals surface area contributed by atoms with Gasteiger partial charge in [0.15, 0.2) is 0 Å². The number of hydrogen-bond donors (Lipinski definition) is 2. The molecule has 2 aromatic heterocycles. The van der Waals surface area contributed by atoms with Crippen molar-refractivity contribution >= 4 is 29.0 Å². The summed E-state index contributed by atoms with van der Waals surface area (Å²) in [6.07, 6.45) is 7.00. The maximum atomic E-state index is 5.32. The molecule has 5 heteroatoms. The SMILES string of the molecule is CCC(CC)c1ccc2c(NCCCNCc3ccco3)ccnc2c1.Cl. The van der Waals surface area contributed by atoms with Crippen LogP contribution in [0.5, 0.6) is 0 Å². The van der Waals surface area contributed by atoms with Crippen molar-refractivity contribution < 1.29 is 4.42 Å². The Morgan fingerprint density at radius 2 is 1.93 bits per heavy atom. The fourth-order valence-corrected chi connectivity index (χ4v) is 3.39. The summed E-state index contributed by atoms with van der Waals surface area (Å²) in [7, 11) is 0. The van der Waals surface area contributed by atoms with E-state index in [1.54, 1.807) is 6.26 Å². The minimum atomic E-state index is 0. The van der Waals surface area contributed by atoms with Crippen molar-refractivity contribution in [2.45, 2.75) is 45.6 Å². The van der Waals surface area contributed by atoms with E-state index in [2.05, 4.69) is 53.7 Å². The molecule has 0 aliphatic carbocycles. The molecule has 0 aliphatic rings. The Balaban J connectivity index is 0.00000261. The van der Waals surface area contributed by atoms with Gasteiger partial charge in [0.1, 0.15) is 5.76 Å². The average Bonchev–Trinajstić information content (AvgIpc) is 3.19. The summed E-state index contributed by atoms with van der Waals surface area (Å²) in [5, 5.41) is 8.15. The molecule has 0 saturated heterocycles. The number of halogens is 1. The molecular weight excluding hydrogens is 358 g/mol. The van der Waals surface area contributed by atoms with Crippen molar-refractivity contribution in [1.82, 2.24) is 10.3 Å². The van der Waals surface area contributed by atoms with E-state index < -0.39 is 0 Å². The third-order valence-electron chi connectivity index (χ3n) is 4.95. The predicted octanol–water partition coefficient (Wildman–Crippen LogP) is 5.75. The normalized spacial score (nSPS) is 10.9. The second kappa shape index (κ2) is 11.0. The van der Waals surface area contributed by atoms with E-state index in [4.69, 9.17) is 4.42 Å². The number of nitrogens with one attached hydrogen (secondary N) is 2. The standard InChI is InChI=1S/C22H29N3O.ClH/c1-3-17(4-2)18-8-9-20-21(10-13-25-22(20)15-18)24-12-6-11-23-16-19-7-5-14-26-19;/h5,7-10,13-15,17,23H,3-4,6,11-12,16H2,1-2H3,(H,24,25);1H. The molecule has 2 heterocycles. The minimum Gasteiger partial charge on any atom is -0.468 e. The Morgan fingerprint density at radius 1 is 1.07 bits per heavy atom. The summed E-state index contributed by atoms with van der Waals surface area (Å²) in [6, 6.07) is 12.7. The van der Waals surface area contributed by atoms with E-state index in [9.17, 15) is 0 Å². The third kappa shape index (κ3) is 5.72. The number of nitrogens with zero attached hydrogens (tertiary/aromatic N) is 1. The smallest absolute Gasteiger partial charge is 0.117 e. The van der Waals surface area contributed by atoms with Crippen LogP contribution >= 0.6 is 12.4 Å². The highest BCUT2D eigenvalue weighted by atomic mass is 35.5. The van der Waals surface area contributed by atoms with Gasteiger partial charge in [-0.05, 0) is 61.6 Å². The van der Waals surface area contributed by atoms with Crippen LogP contribution in [0.25, 0.3) is 10.9 Å². The van der Waals surface area contributed by atoms with E-state index in [-0.39, 0.29) is 12.4 Å². The lowest BCUT2D eigenvalue weighted by Crippen LogP contribution is -2.17. The molecule has 0 fully saturated rings. The Kier molecular flexibility index (Phi) is 8.62. The number of benzene rings is 1. The van der Waals surface area contributed by atoms with Crippen LogP contribution in [0.15, 0.2) is 53.3 Å². The largest absolute Gasteiger partial charge is 0.468 e. The van der Waals surface area contributed by atoms with Gasteiger partial charge in [-0.15, -0.1) is 12.4 Å². The van der Waals surface area contributed by atoms with Gasteiger partial charge in [-0.3, -0.25) is 4.98 Å². The topological polar surface area (TPSA) is 50.1 Å². The molecule has 0 saturated carbocycles. The molecule has 0 amide bonds. The summed E-state index contributed by atoms with van der Waals surface area (Å²) in [5.41, 5.74) is 3.64. The lowest BCUT2D eigenvalue weighted by atomic mass is 9.93. The summed E-state index contributed by atoms with van der Waals surface area (Å²) in [5.74, 6) is 1.60. The number of hydrogen-bond acceptors (Lipinski definition) is 4. The van der Waals surface area contributed by atoms with Crippen LogP contribution in [0, 0.1) is 0 Å². The average molecular weight is 388 g/mol. The van der Waals surface area contributed by atoms with Crippen molar-refractivity contribution in [3.63, 3.8) is 0 Å². The maximum Gasteiger partial charge on any atom is 0.117 e. The highest BCUT2D eigenvalue weighted by molar-refractivity contribution is 5.91. The number of aromatic nitrogens is 1. The first kappa shape index (κ1) is 21.3. The van der Waals surface area contributed by atoms with Crippen molar-refractivity contribution in [1.29, 1.82) is 0 Å². The first-order valence-electron chi connectivity index (χ1n) is 9.67. The molecule has 2 N–H and O–H groups in total. The quantitative estimate of drug-likeness (QED) is 0.435. The summed E-state index contributed by atoms with van der Waals surface area (Å²) in [4.78, 5) is 4.58. The van der Waals surface area contributed by atoms with Gasteiger partial charge in [0.25, 0.3) is 0 Å². The number of anilines is 1. The van der Waals surface area contributed by atoms with Gasteiger partial charge in [0, 0.05) is 23.8 Å². The van der Waals surface area contributed by atoms with Gasteiger partial charge in [0.05, 0.1) is 18.3 Å². The first-order valence-corrected chi connectivity index (χ1v) is 9.67. The minimum absolute atomic E-state index is 0. The number of pyridine rings is 1. The molecule has 0 radical (unpaired) electrons. The van der Waals surface area contributed by atoms with Crippen molar-refractivity contribution in [3.8, 4) is 0 Å². The Hall–Kier alpha value is -2.04. The van der Waals surface area contributed by atoms with Crippen LogP contribution < -0.4 is 10.6 Å². The van der Waals surface area contributed by atoms with Crippen LogP contribution in [0.4, 0.5) is 5.69 Å². The molecule has 0 aliphatic heterocycles. The lowest BCUT2D eigenvalue weighted by Gasteiger charge is -2.15. The lowest BCUT2D eigenvalue weighted by molar-refractivity contribution is 0.482. The van der Waals surface area contributed by atoms with E-state index in [0.717, 1.165) is 43.0 Å². The molecule has 3 aromatic rings. The van der Waals surface area contributed by atoms with Gasteiger partial charge in [-0.1, -0.05) is 26.0 Å². The second-order valence-electron chi connectivity index (χ2n) is 6.68. The van der Waals surface area contributed by atoms with Gasteiger partial charge in [-0.2, -0.15) is 0 Å². The zero-order valence-electron chi connectivity index (χ0n) is 16.2. The maximum absolute atomic E-state index is 5.32. The molecule has 0 spiro atoms. The molecule has 1 aromatic carbocycles. The molecule has 3 rings (SSSR count). The monoisotopic (exact) mass is 387 g/mol. The Morgan fingerprint density at radius 3 is 2.67 bits per heavy atom. The highest BCUT2D eigenvalue weighted by Gasteiger charge is 2.09. The van der Waals surface area contributed by atoms with E-state index in [1.807, 2.05) is 18.3 Å². The number of furan rings is 1. The van der Waals surface area contributed by atoms with E-state index >= 15 is 0 Å². The number of rotatable bonds is 10. The highest BCUT2D eigenvalue weighted by Crippen LogP contribution is 2.28. The molecule has 4 nitrogen and oxygen atoms in total. The van der Waals surface area contributed by atoms with Gasteiger partial charge in [0.2, 0.25) is 0 Å². The zero-order valence-corrected chi connectivity index (χ0v) is 17.0. The fraction of sp³-hybridized carbons (Fsp3) is 0.409. The number of fused-ring (bicyclic) bond motifs is 1. The molecule has 146 valence electrons. The van der Waals surface area contributed by atoms with Gasteiger partial charge < -0.3 is 15.1 Å². The summed E-state index contributed by atoms with van der Waals surface area (Å²) in [6.45, 7) is 7.17. The first-order chi connectivity index (χ1) is 12.8. The van der Waals surface area contributed by atoms with Gasteiger partial charge >= 0.3 is 0 Å². The Labute approximate surface area is 168 Å². The van der Waals surface area contributed by atoms with Crippen LogP contribution in [-0.4, -0.2) is 18.1 Å². The zero-order chi connectivity index (χ0) is 18.2. The fourth-order valence-electron chi connectivity index (χ4n) is 3.39. The van der Waals surface area contributed by atoms with Crippen LogP contribution in [0.3, 0.4) is 0 Å². The van der Waals surface area contributed by atoms with Crippen molar-refractivity contribution in [3.05, 3.63) is 60.2 Å². The Bertz CT molecular complexity index is 800. The second-order valence-corrected chi connectivity index (χ2v) is 6.68. The molecule has 27 heavy (non-hydrogen) atoms. The summed E-state index contributed by atoms with van der Waals surface area (Å²) >= 11 is 0. The van der Waals surface area contributed by atoms with Crippen LogP contribution in [0.1, 0.15) is 50.4 Å². The van der Waals surface area contributed by atoms with E-state index in [0.29, 0.717) is 5.92 Å². The molecular formula is C22H30ClN3O. The molecule has 0 bridgehead atoms. The van der Waals surface area contributed by atoms with Crippen LogP contribution in [0.2, 0.25) is 0 Å². The predicted molar refractivity (Wildman–Crippen MR) is 116 cm³/mol. The van der Waals surface area contributed by atoms with Crippen LogP contribution in [-0.2, 0) is 6.54 Å². The van der Waals surface area contributed by atoms with E-state index in [1.165, 1.54) is 23.8 Å². The third-order valence-corrected chi connectivity index (χ3v) is 4.95. The molecule has 0 unspecified atom stereocenters. The van der Waals surface area contributed by atoms with Crippen molar-refractivity contribution in [2.24, 2.45) is 0 Å². The van der Waals surface area contributed by atoms with Crippen molar-refractivity contribution in [2.75, 3.05) is 18.4 Å².